The first-order valence-corrected chi connectivity index (χ1v) is 9.89. The molecule has 3 saturated carbocycles. The minimum atomic E-state index is -5.78. The second-order valence-corrected chi connectivity index (χ2v) is 9.53. The third kappa shape index (κ3) is 2.25. The molecule has 1 N–H and O–H groups in total. The molecule has 0 aromatic carbocycles. The first kappa shape index (κ1) is 20.0. The van der Waals surface area contributed by atoms with Crippen molar-refractivity contribution in [2.45, 2.75) is 70.1 Å². The minimum absolute atomic E-state index is 0.0446. The molecule has 4 aliphatic carbocycles. The van der Waals surface area contributed by atoms with Crippen molar-refractivity contribution < 1.29 is 31.9 Å². The highest BCUT2D eigenvalue weighted by molar-refractivity contribution is 6.01. The Morgan fingerprint density at radius 2 is 1.68 bits per heavy atom. The highest BCUT2D eigenvalue weighted by Gasteiger charge is 2.79. The van der Waals surface area contributed by atoms with Crippen LogP contribution < -0.4 is 0 Å². The number of carbonyl (C=O) groups is 1. The quantitative estimate of drug-likeness (QED) is 0.608. The summed E-state index contributed by atoms with van der Waals surface area (Å²) in [6.07, 6.45) is 0.763. The molecular formula is C21H25F5O2. The Morgan fingerprint density at radius 3 is 2.32 bits per heavy atom. The average Bonchev–Trinajstić information content (AvgIpc) is 2.87. The summed E-state index contributed by atoms with van der Waals surface area (Å²) in [4.78, 5) is 11.8. The Morgan fingerprint density at radius 1 is 1.04 bits per heavy atom. The van der Waals surface area contributed by atoms with E-state index in [4.69, 9.17) is 0 Å². The molecule has 0 radical (unpaired) electrons. The SMILES string of the molecule is C[C@]12C=CC(=O)C=C1CC[C@@H]1[C@@H]2CC[C@@]2(C)[C@H]1CC[C@@]2(O)C(F)(F)C(F)(F)F. The number of aliphatic hydroxyl groups is 1. The number of ketones is 1. The summed E-state index contributed by atoms with van der Waals surface area (Å²) in [6, 6.07) is 0. The predicted molar refractivity (Wildman–Crippen MR) is 92.6 cm³/mol. The standard InChI is InChI=1S/C21H25F5O2/c1-17-8-5-13(27)11-12(17)3-4-14-15(17)6-9-18(2)16(14)7-10-19(18,28)20(22,23)21(24,25)26/h5,8,11,14-16,28H,3-4,6-7,9-10H2,1-2H3/t14-,15+,16+,17+,18+,19+/m1/s1. The van der Waals surface area contributed by atoms with Gasteiger partial charge in [0.15, 0.2) is 5.78 Å². The van der Waals surface area contributed by atoms with Gasteiger partial charge in [0.25, 0.3) is 0 Å². The maximum absolute atomic E-state index is 14.4. The summed E-state index contributed by atoms with van der Waals surface area (Å²) in [6.45, 7) is 3.46. The molecule has 2 nitrogen and oxygen atoms in total. The number of rotatable bonds is 1. The van der Waals surface area contributed by atoms with Gasteiger partial charge in [-0.1, -0.05) is 25.5 Å². The van der Waals surface area contributed by atoms with Crippen LogP contribution in [0.2, 0.25) is 0 Å². The molecule has 0 saturated heterocycles. The number of carbonyl (C=O) groups excluding carboxylic acids is 1. The Kier molecular flexibility index (Phi) is 4.06. The molecule has 6 atom stereocenters. The zero-order valence-electron chi connectivity index (χ0n) is 16.0. The molecule has 7 heteroatoms. The molecule has 4 aliphatic rings. The lowest BCUT2D eigenvalue weighted by Crippen LogP contribution is -2.65. The number of allylic oxidation sites excluding steroid dienone is 4. The summed E-state index contributed by atoms with van der Waals surface area (Å²) in [5, 5.41) is 10.8. The lowest BCUT2D eigenvalue weighted by Gasteiger charge is -2.58. The minimum Gasteiger partial charge on any atom is -0.383 e. The third-order valence-corrected chi connectivity index (χ3v) is 8.58. The van der Waals surface area contributed by atoms with Gasteiger partial charge < -0.3 is 5.11 Å². The van der Waals surface area contributed by atoms with E-state index in [1.165, 1.54) is 13.0 Å². The van der Waals surface area contributed by atoms with Gasteiger partial charge in [0, 0.05) is 10.8 Å². The molecule has 4 rings (SSSR count). The number of fused-ring (bicyclic) bond motifs is 5. The summed E-state index contributed by atoms with van der Waals surface area (Å²) in [7, 11) is 0. The van der Waals surface area contributed by atoms with Gasteiger partial charge in [-0.3, -0.25) is 4.79 Å². The second kappa shape index (κ2) is 5.67. The molecule has 0 bridgehead atoms. The lowest BCUT2D eigenvalue weighted by atomic mass is 9.47. The van der Waals surface area contributed by atoms with Gasteiger partial charge in [-0.15, -0.1) is 0 Å². The number of hydrogen-bond acceptors (Lipinski definition) is 2. The van der Waals surface area contributed by atoms with Crippen LogP contribution in [-0.2, 0) is 4.79 Å². The monoisotopic (exact) mass is 404 g/mol. The van der Waals surface area contributed by atoms with Crippen LogP contribution >= 0.6 is 0 Å². The van der Waals surface area contributed by atoms with Crippen molar-refractivity contribution in [2.24, 2.45) is 28.6 Å². The van der Waals surface area contributed by atoms with E-state index >= 15 is 0 Å². The first-order valence-electron chi connectivity index (χ1n) is 9.89. The summed E-state index contributed by atoms with van der Waals surface area (Å²) >= 11 is 0. The highest BCUT2D eigenvalue weighted by atomic mass is 19.4. The fourth-order valence-corrected chi connectivity index (χ4v) is 6.96. The van der Waals surface area contributed by atoms with E-state index in [2.05, 4.69) is 0 Å². The molecule has 0 heterocycles. The predicted octanol–water partition coefficient (Wildman–Crippen LogP) is 5.22. The molecule has 0 aliphatic heterocycles. The van der Waals surface area contributed by atoms with Crippen molar-refractivity contribution in [2.75, 3.05) is 0 Å². The summed E-state index contributed by atoms with van der Waals surface area (Å²) in [5.74, 6) is -5.56. The highest BCUT2D eigenvalue weighted by Crippen LogP contribution is 2.70. The van der Waals surface area contributed by atoms with Crippen LogP contribution in [0.5, 0.6) is 0 Å². The Balaban J connectivity index is 1.71. The van der Waals surface area contributed by atoms with Crippen molar-refractivity contribution in [3.05, 3.63) is 23.8 Å². The Hall–Kier alpha value is -1.24. The molecule has 28 heavy (non-hydrogen) atoms. The van der Waals surface area contributed by atoms with Gasteiger partial charge in [0.05, 0.1) is 0 Å². The van der Waals surface area contributed by atoms with Crippen molar-refractivity contribution >= 4 is 5.78 Å². The average molecular weight is 404 g/mol. The maximum atomic E-state index is 14.4. The smallest absolute Gasteiger partial charge is 0.383 e. The van der Waals surface area contributed by atoms with Crippen LogP contribution in [0.4, 0.5) is 22.0 Å². The van der Waals surface area contributed by atoms with Gasteiger partial charge in [0.2, 0.25) is 0 Å². The lowest BCUT2D eigenvalue weighted by molar-refractivity contribution is -0.363. The summed E-state index contributed by atoms with van der Waals surface area (Å²) < 4.78 is 68.3. The molecule has 0 amide bonds. The largest absolute Gasteiger partial charge is 0.456 e. The molecule has 156 valence electrons. The van der Waals surface area contributed by atoms with Gasteiger partial charge in [-0.25, -0.2) is 0 Å². The van der Waals surface area contributed by atoms with E-state index in [1.807, 2.05) is 13.0 Å². The van der Waals surface area contributed by atoms with Gasteiger partial charge >= 0.3 is 12.1 Å². The zero-order valence-corrected chi connectivity index (χ0v) is 16.0. The van der Waals surface area contributed by atoms with Crippen LogP contribution in [0.15, 0.2) is 23.8 Å². The molecule has 0 aromatic rings. The van der Waals surface area contributed by atoms with Crippen molar-refractivity contribution in [1.82, 2.24) is 0 Å². The number of hydrogen-bond donors (Lipinski definition) is 1. The van der Waals surface area contributed by atoms with E-state index in [9.17, 15) is 31.9 Å². The number of halogens is 5. The zero-order chi connectivity index (χ0) is 20.8. The van der Waals surface area contributed by atoms with E-state index in [-0.39, 0.29) is 35.9 Å². The van der Waals surface area contributed by atoms with Crippen LogP contribution in [0.3, 0.4) is 0 Å². The van der Waals surface area contributed by atoms with Crippen molar-refractivity contribution in [1.29, 1.82) is 0 Å². The van der Waals surface area contributed by atoms with E-state index in [0.29, 0.717) is 19.3 Å². The molecule has 0 spiro atoms. The topological polar surface area (TPSA) is 37.3 Å². The Bertz CT molecular complexity index is 769. The van der Waals surface area contributed by atoms with Gasteiger partial charge in [-0.2, -0.15) is 22.0 Å². The van der Waals surface area contributed by atoms with E-state index < -0.39 is 35.5 Å². The van der Waals surface area contributed by atoms with Crippen LogP contribution in [0.25, 0.3) is 0 Å². The van der Waals surface area contributed by atoms with Crippen molar-refractivity contribution in [3.8, 4) is 0 Å². The fraction of sp³-hybridized carbons (Fsp3) is 0.762. The van der Waals surface area contributed by atoms with Crippen LogP contribution in [0.1, 0.15) is 52.4 Å². The van der Waals surface area contributed by atoms with Gasteiger partial charge in [-0.05, 0) is 68.4 Å². The fourth-order valence-electron chi connectivity index (χ4n) is 6.96. The summed E-state index contributed by atoms with van der Waals surface area (Å²) in [5.41, 5.74) is -3.91. The Labute approximate surface area is 160 Å². The van der Waals surface area contributed by atoms with Gasteiger partial charge in [0.1, 0.15) is 5.60 Å². The molecular weight excluding hydrogens is 379 g/mol. The van der Waals surface area contributed by atoms with Crippen molar-refractivity contribution in [3.63, 3.8) is 0 Å². The second-order valence-electron chi connectivity index (χ2n) is 9.53. The first-order chi connectivity index (χ1) is 12.8. The normalized spacial score (nSPS) is 45.9. The van der Waals surface area contributed by atoms with E-state index in [0.717, 1.165) is 5.57 Å². The van der Waals surface area contributed by atoms with E-state index in [1.54, 1.807) is 6.08 Å². The third-order valence-electron chi connectivity index (χ3n) is 8.58. The molecule has 3 fully saturated rings. The molecule has 0 unspecified atom stereocenters. The van der Waals surface area contributed by atoms with Crippen LogP contribution in [-0.4, -0.2) is 28.6 Å². The maximum Gasteiger partial charge on any atom is 0.456 e. The molecule has 0 aromatic heterocycles. The number of alkyl halides is 5. The van der Waals surface area contributed by atoms with Crippen LogP contribution in [0, 0.1) is 28.6 Å².